The van der Waals surface area contributed by atoms with Gasteiger partial charge in [0.2, 0.25) is 0 Å². The molecule has 1 N–H and O–H groups in total. The summed E-state index contributed by atoms with van der Waals surface area (Å²) in [5, 5.41) is 2.87. The molecule has 2 heterocycles. The Morgan fingerprint density at radius 3 is 2.25 bits per heavy atom. The van der Waals surface area contributed by atoms with Crippen molar-refractivity contribution < 1.29 is 18.8 Å². The lowest BCUT2D eigenvalue weighted by atomic mass is 9.79. The normalized spacial score (nSPS) is 19.2. The summed E-state index contributed by atoms with van der Waals surface area (Å²) < 4.78 is 17.3. The van der Waals surface area contributed by atoms with Gasteiger partial charge < -0.3 is 14.0 Å². The monoisotopic (exact) mass is 354 g/mol. The molecule has 1 aromatic rings. The minimum Gasteiger partial charge on any atom is -0.444 e. The summed E-state index contributed by atoms with van der Waals surface area (Å²) >= 11 is 5.97. The van der Waals surface area contributed by atoms with E-state index in [4.69, 9.17) is 25.6 Å². The van der Waals surface area contributed by atoms with Crippen molar-refractivity contribution >= 4 is 36.1 Å². The van der Waals surface area contributed by atoms with Crippen LogP contribution in [-0.4, -0.2) is 35.0 Å². The molecule has 132 valence electrons. The van der Waals surface area contributed by atoms with Gasteiger partial charge >= 0.3 is 13.2 Å². The SMILES string of the molecule is CC(C)(C)OC(=O)Nc1nc(Cl)ccc1B1OC(C)(C)C(C)(C)O1. The standard InChI is InChI=1S/C16H24BClN2O4/c1-14(2,3)22-13(21)20-12-10(8-9-11(18)19-12)17-23-15(4,5)16(6,7)24-17/h8-9H,1-7H3,(H,19,20,21). The summed E-state index contributed by atoms with van der Waals surface area (Å²) in [6, 6.07) is 3.35. The number of anilines is 1. The number of aromatic nitrogens is 1. The molecule has 1 fully saturated rings. The molecule has 0 aliphatic carbocycles. The second-order valence-corrected chi connectivity index (χ2v) is 8.17. The summed E-state index contributed by atoms with van der Waals surface area (Å²) in [7, 11) is -0.662. The molecule has 24 heavy (non-hydrogen) atoms. The maximum absolute atomic E-state index is 12.1. The zero-order valence-corrected chi connectivity index (χ0v) is 15.9. The van der Waals surface area contributed by atoms with Gasteiger partial charge in [-0.05, 0) is 54.5 Å². The zero-order chi connectivity index (χ0) is 18.3. The molecule has 6 nitrogen and oxygen atoms in total. The first-order valence-electron chi connectivity index (χ1n) is 7.83. The number of nitrogens with one attached hydrogen (secondary N) is 1. The van der Waals surface area contributed by atoms with Gasteiger partial charge in [0, 0.05) is 5.46 Å². The smallest absolute Gasteiger partial charge is 0.444 e. The van der Waals surface area contributed by atoms with Gasteiger partial charge in [-0.2, -0.15) is 0 Å². The first-order chi connectivity index (χ1) is 10.8. The Kier molecular flexibility index (Phi) is 4.92. The van der Waals surface area contributed by atoms with Gasteiger partial charge in [0.25, 0.3) is 0 Å². The topological polar surface area (TPSA) is 69.7 Å². The number of hydrogen-bond donors (Lipinski definition) is 1. The Morgan fingerprint density at radius 1 is 1.21 bits per heavy atom. The third-order valence-corrected chi connectivity index (χ3v) is 4.23. The van der Waals surface area contributed by atoms with E-state index in [0.29, 0.717) is 5.46 Å². The van der Waals surface area contributed by atoms with Crippen LogP contribution in [0.1, 0.15) is 48.5 Å². The van der Waals surface area contributed by atoms with Crippen LogP contribution < -0.4 is 10.8 Å². The number of nitrogens with zero attached hydrogens (tertiary/aromatic N) is 1. The molecule has 1 amide bonds. The molecule has 1 saturated heterocycles. The quantitative estimate of drug-likeness (QED) is 0.651. The first kappa shape index (κ1) is 19.0. The summed E-state index contributed by atoms with van der Waals surface area (Å²) in [5.41, 5.74) is -1.03. The van der Waals surface area contributed by atoms with E-state index in [9.17, 15) is 4.79 Å². The lowest BCUT2D eigenvalue weighted by Crippen LogP contribution is -2.41. The zero-order valence-electron chi connectivity index (χ0n) is 15.2. The van der Waals surface area contributed by atoms with Crippen molar-refractivity contribution in [3.05, 3.63) is 17.3 Å². The highest BCUT2D eigenvalue weighted by Crippen LogP contribution is 2.37. The van der Waals surface area contributed by atoms with Crippen molar-refractivity contribution in [2.75, 3.05) is 5.32 Å². The van der Waals surface area contributed by atoms with Crippen LogP contribution in [0.2, 0.25) is 5.15 Å². The van der Waals surface area contributed by atoms with E-state index in [1.807, 2.05) is 27.7 Å². The van der Waals surface area contributed by atoms with Crippen molar-refractivity contribution in [1.29, 1.82) is 0 Å². The second-order valence-electron chi connectivity index (χ2n) is 7.79. The number of carbonyl (C=O) groups is 1. The minimum atomic E-state index is -0.662. The lowest BCUT2D eigenvalue weighted by Gasteiger charge is -2.32. The van der Waals surface area contributed by atoms with Crippen LogP contribution >= 0.6 is 11.6 Å². The third-order valence-electron chi connectivity index (χ3n) is 4.02. The van der Waals surface area contributed by atoms with Crippen molar-refractivity contribution in [1.82, 2.24) is 4.98 Å². The Hall–Kier alpha value is -1.31. The van der Waals surface area contributed by atoms with Gasteiger partial charge in [-0.1, -0.05) is 17.7 Å². The predicted octanol–water partition coefficient (Wildman–Crippen LogP) is 3.38. The van der Waals surface area contributed by atoms with Crippen molar-refractivity contribution in [2.24, 2.45) is 0 Å². The molecule has 0 bridgehead atoms. The fourth-order valence-corrected chi connectivity index (χ4v) is 2.25. The Labute approximate surface area is 148 Å². The molecule has 1 aliphatic rings. The van der Waals surface area contributed by atoms with Crippen LogP contribution in [0.25, 0.3) is 0 Å². The van der Waals surface area contributed by atoms with Gasteiger partial charge in [0.05, 0.1) is 11.2 Å². The van der Waals surface area contributed by atoms with Crippen LogP contribution in [0, 0.1) is 0 Å². The van der Waals surface area contributed by atoms with Gasteiger partial charge in [-0.15, -0.1) is 0 Å². The molecule has 8 heteroatoms. The number of halogens is 1. The summed E-state index contributed by atoms with van der Waals surface area (Å²) in [4.78, 5) is 16.2. The van der Waals surface area contributed by atoms with Gasteiger partial charge in [0.1, 0.15) is 16.6 Å². The van der Waals surface area contributed by atoms with Crippen molar-refractivity contribution in [3.63, 3.8) is 0 Å². The average molecular weight is 355 g/mol. The van der Waals surface area contributed by atoms with Gasteiger partial charge in [-0.25, -0.2) is 9.78 Å². The minimum absolute atomic E-state index is 0.251. The first-order valence-corrected chi connectivity index (χ1v) is 8.21. The number of amides is 1. The average Bonchev–Trinajstić information content (AvgIpc) is 2.55. The Bertz CT molecular complexity index is 627. The van der Waals surface area contributed by atoms with E-state index >= 15 is 0 Å². The molecular formula is C16H24BClN2O4. The number of ether oxygens (including phenoxy) is 1. The maximum atomic E-state index is 12.1. The van der Waals surface area contributed by atoms with E-state index in [-0.39, 0.29) is 11.0 Å². The molecule has 1 aromatic heterocycles. The Morgan fingerprint density at radius 2 is 1.75 bits per heavy atom. The fraction of sp³-hybridized carbons (Fsp3) is 0.625. The third kappa shape index (κ3) is 4.20. The maximum Gasteiger partial charge on any atom is 0.498 e. The van der Waals surface area contributed by atoms with Gasteiger partial charge in [-0.3, -0.25) is 5.32 Å². The van der Waals surface area contributed by atoms with E-state index in [1.165, 1.54) is 0 Å². The number of hydrogen-bond acceptors (Lipinski definition) is 5. The predicted molar refractivity (Wildman–Crippen MR) is 94.8 cm³/mol. The second kappa shape index (κ2) is 6.21. The number of carbonyl (C=O) groups excluding carboxylic acids is 1. The highest BCUT2D eigenvalue weighted by Gasteiger charge is 2.52. The van der Waals surface area contributed by atoms with E-state index in [0.717, 1.165) is 0 Å². The summed E-state index contributed by atoms with van der Waals surface area (Å²) in [5.74, 6) is 0.259. The van der Waals surface area contributed by atoms with Crippen molar-refractivity contribution in [2.45, 2.75) is 65.3 Å². The summed E-state index contributed by atoms with van der Waals surface area (Å²) in [6.45, 7) is 13.2. The molecule has 0 aromatic carbocycles. The molecular weight excluding hydrogens is 330 g/mol. The highest BCUT2D eigenvalue weighted by atomic mass is 35.5. The van der Waals surface area contributed by atoms with Crippen LogP contribution in [0.4, 0.5) is 10.6 Å². The van der Waals surface area contributed by atoms with Crippen LogP contribution in [0.3, 0.4) is 0 Å². The van der Waals surface area contributed by atoms with E-state index in [2.05, 4.69) is 10.3 Å². The fourth-order valence-electron chi connectivity index (χ4n) is 2.11. The largest absolute Gasteiger partial charge is 0.498 e. The molecule has 0 atom stereocenters. The van der Waals surface area contributed by atoms with E-state index < -0.39 is 30.0 Å². The highest BCUT2D eigenvalue weighted by molar-refractivity contribution is 6.64. The molecule has 0 spiro atoms. The van der Waals surface area contributed by atoms with Crippen LogP contribution in [-0.2, 0) is 14.0 Å². The van der Waals surface area contributed by atoms with Crippen LogP contribution in [0.15, 0.2) is 12.1 Å². The molecule has 2 rings (SSSR count). The molecule has 0 unspecified atom stereocenters. The Balaban J connectivity index is 2.28. The number of rotatable bonds is 2. The molecule has 0 radical (unpaired) electrons. The summed E-state index contributed by atoms with van der Waals surface area (Å²) in [6.07, 6.45) is -0.616. The molecule has 1 aliphatic heterocycles. The van der Waals surface area contributed by atoms with Gasteiger partial charge in [0.15, 0.2) is 0 Å². The lowest BCUT2D eigenvalue weighted by molar-refractivity contribution is 0.00578. The van der Waals surface area contributed by atoms with Crippen LogP contribution in [0.5, 0.6) is 0 Å². The van der Waals surface area contributed by atoms with E-state index in [1.54, 1.807) is 32.9 Å². The van der Waals surface area contributed by atoms with Crippen molar-refractivity contribution in [3.8, 4) is 0 Å². The molecule has 0 saturated carbocycles. The number of pyridine rings is 1.